The van der Waals surface area contributed by atoms with Crippen molar-refractivity contribution in [1.29, 1.82) is 0 Å². The Hall–Kier alpha value is -0.250. The monoisotopic (exact) mass is 270 g/mol. The Morgan fingerprint density at radius 2 is 1.94 bits per heavy atom. The van der Waals surface area contributed by atoms with E-state index in [4.69, 9.17) is 14.3 Å². The second-order valence-electron chi connectivity index (χ2n) is 3.52. The number of allylic oxidation sites excluding steroid dienone is 1. The highest BCUT2D eigenvalue weighted by Crippen LogP contribution is 2.60. The summed E-state index contributed by atoms with van der Waals surface area (Å²) in [7, 11) is -8.54. The summed E-state index contributed by atoms with van der Waals surface area (Å²) in [5.41, 5.74) is -0.820. The van der Waals surface area contributed by atoms with Gasteiger partial charge in [-0.2, -0.15) is 0 Å². The van der Waals surface area contributed by atoms with E-state index in [-0.39, 0.29) is 6.42 Å². The van der Waals surface area contributed by atoms with Crippen molar-refractivity contribution in [3.63, 3.8) is 0 Å². The molecule has 0 aliphatic carbocycles. The van der Waals surface area contributed by atoms with Crippen LogP contribution in [-0.2, 0) is 18.4 Å². The Morgan fingerprint density at radius 3 is 2.25 bits per heavy atom. The Kier molecular flexibility index (Phi) is 5.80. The number of carbonyl (C=O) groups is 1. The lowest BCUT2D eigenvalue weighted by molar-refractivity contribution is -0.112. The molecular formula is C8H16O6P2. The molecule has 1 atom stereocenters. The lowest BCUT2D eigenvalue weighted by atomic mass is 10.5. The fourth-order valence-electron chi connectivity index (χ4n) is 1.02. The first-order valence-corrected chi connectivity index (χ1v) is 8.18. The molecule has 16 heavy (non-hydrogen) atoms. The number of rotatable bonds is 7. The van der Waals surface area contributed by atoms with Crippen molar-refractivity contribution < 1.29 is 28.2 Å². The van der Waals surface area contributed by atoms with Crippen molar-refractivity contribution >= 4 is 20.5 Å². The van der Waals surface area contributed by atoms with Gasteiger partial charge in [0.15, 0.2) is 0 Å². The van der Waals surface area contributed by atoms with Gasteiger partial charge in [0, 0.05) is 6.42 Å². The molecule has 0 spiro atoms. The molecule has 0 heterocycles. The summed E-state index contributed by atoms with van der Waals surface area (Å²) < 4.78 is 27.7. The van der Waals surface area contributed by atoms with Crippen molar-refractivity contribution in [3.8, 4) is 0 Å². The zero-order chi connectivity index (χ0) is 13.0. The molecule has 0 bridgehead atoms. The third kappa shape index (κ3) is 5.73. The molecule has 2 N–H and O–H groups in total. The van der Waals surface area contributed by atoms with Crippen LogP contribution in [0, 0.1) is 0 Å². The van der Waals surface area contributed by atoms with E-state index in [1.165, 1.54) is 19.9 Å². The highest BCUT2D eigenvalue weighted by molar-refractivity contribution is 7.84. The van der Waals surface area contributed by atoms with Gasteiger partial charge in [0.2, 0.25) is 5.52 Å². The maximum absolute atomic E-state index is 12.0. The van der Waals surface area contributed by atoms with Gasteiger partial charge < -0.3 is 14.3 Å². The Labute approximate surface area is 94.3 Å². The van der Waals surface area contributed by atoms with Crippen molar-refractivity contribution in [1.82, 2.24) is 0 Å². The van der Waals surface area contributed by atoms with Crippen LogP contribution in [-0.4, -0.2) is 27.3 Å². The van der Waals surface area contributed by atoms with E-state index in [2.05, 4.69) is 6.58 Å². The molecule has 94 valence electrons. The lowest BCUT2D eigenvalue weighted by Gasteiger charge is -2.19. The SMILES string of the molecule is C=CCC(=O)P(=O)(CP(=O)(O)O)OC(C)C. The normalized spacial score (nSPS) is 15.8. The van der Waals surface area contributed by atoms with Crippen LogP contribution in [0.4, 0.5) is 0 Å². The average Bonchev–Trinajstić information content (AvgIpc) is 1.98. The molecule has 0 saturated heterocycles. The number of hydrogen-bond donors (Lipinski definition) is 2. The van der Waals surface area contributed by atoms with Gasteiger partial charge in [-0.25, -0.2) is 0 Å². The fourth-order valence-corrected chi connectivity index (χ4v) is 5.06. The molecule has 0 fully saturated rings. The first kappa shape index (κ1) is 15.8. The molecule has 1 unspecified atom stereocenters. The van der Waals surface area contributed by atoms with E-state index in [1.807, 2.05) is 0 Å². The second kappa shape index (κ2) is 5.89. The quantitative estimate of drug-likeness (QED) is 0.541. The van der Waals surface area contributed by atoms with Crippen molar-refractivity contribution in [3.05, 3.63) is 12.7 Å². The number of hydrogen-bond acceptors (Lipinski definition) is 4. The van der Waals surface area contributed by atoms with Crippen LogP contribution in [0.15, 0.2) is 12.7 Å². The second-order valence-corrected chi connectivity index (χ2v) is 8.04. The fraction of sp³-hybridized carbons (Fsp3) is 0.625. The summed E-state index contributed by atoms with van der Waals surface area (Å²) in [5, 5.41) is 0. The van der Waals surface area contributed by atoms with Gasteiger partial charge >= 0.3 is 7.60 Å². The highest BCUT2D eigenvalue weighted by atomic mass is 31.2. The standard InChI is InChI=1S/C8H16O6P2/c1-4-5-8(9)15(10,14-7(2)3)6-16(11,12)13/h4,7H,1,5-6H2,2-3H3,(H2,11,12,13). The molecule has 0 saturated carbocycles. The maximum Gasteiger partial charge on any atom is 0.335 e. The molecular weight excluding hydrogens is 254 g/mol. The number of carbonyl (C=O) groups excluding carboxylic acids is 1. The van der Waals surface area contributed by atoms with Crippen molar-refractivity contribution in [2.24, 2.45) is 0 Å². The molecule has 0 rings (SSSR count). The summed E-state index contributed by atoms with van der Waals surface area (Å²) in [4.78, 5) is 29.0. The summed E-state index contributed by atoms with van der Waals surface area (Å²) >= 11 is 0. The first-order chi connectivity index (χ1) is 7.10. The topological polar surface area (TPSA) is 101 Å². The smallest absolute Gasteiger partial charge is 0.324 e. The minimum absolute atomic E-state index is 0.232. The van der Waals surface area contributed by atoms with E-state index >= 15 is 0 Å². The molecule has 0 aromatic rings. The molecule has 6 nitrogen and oxygen atoms in total. The molecule has 0 radical (unpaired) electrons. The van der Waals surface area contributed by atoms with Crippen LogP contribution in [0.1, 0.15) is 20.3 Å². The largest absolute Gasteiger partial charge is 0.335 e. The zero-order valence-electron chi connectivity index (χ0n) is 9.20. The van der Waals surface area contributed by atoms with Crippen LogP contribution in [0.5, 0.6) is 0 Å². The summed E-state index contributed by atoms with van der Waals surface area (Å²) in [6.07, 6.45) is 0.439. The minimum Gasteiger partial charge on any atom is -0.324 e. The van der Waals surface area contributed by atoms with Gasteiger partial charge in [0.1, 0.15) is 5.90 Å². The third-order valence-electron chi connectivity index (χ3n) is 1.45. The van der Waals surface area contributed by atoms with E-state index < -0.39 is 32.5 Å². The van der Waals surface area contributed by atoms with E-state index in [0.717, 1.165) is 0 Å². The Bertz CT molecular complexity index is 356. The predicted molar refractivity (Wildman–Crippen MR) is 60.6 cm³/mol. The van der Waals surface area contributed by atoms with E-state index in [0.29, 0.717) is 0 Å². The summed E-state index contributed by atoms with van der Waals surface area (Å²) in [6, 6.07) is 0. The van der Waals surface area contributed by atoms with Gasteiger partial charge in [-0.3, -0.25) is 13.9 Å². The molecule has 0 aromatic heterocycles. The maximum atomic E-state index is 12.0. The van der Waals surface area contributed by atoms with Gasteiger partial charge in [-0.15, -0.1) is 6.58 Å². The molecule has 0 aliphatic heterocycles. The third-order valence-corrected chi connectivity index (χ3v) is 6.12. The van der Waals surface area contributed by atoms with Crippen LogP contribution in [0.25, 0.3) is 0 Å². The van der Waals surface area contributed by atoms with Crippen molar-refractivity contribution in [2.45, 2.75) is 26.4 Å². The van der Waals surface area contributed by atoms with E-state index in [9.17, 15) is 13.9 Å². The van der Waals surface area contributed by atoms with Gasteiger partial charge in [0.05, 0.1) is 6.10 Å². The Balaban J connectivity index is 5.03. The van der Waals surface area contributed by atoms with Crippen LogP contribution < -0.4 is 0 Å². The van der Waals surface area contributed by atoms with E-state index in [1.54, 1.807) is 0 Å². The molecule has 0 amide bonds. The summed E-state index contributed by atoms with van der Waals surface area (Å²) in [6.45, 7) is 6.37. The average molecular weight is 270 g/mol. The molecule has 0 aliphatic rings. The molecule has 0 aromatic carbocycles. The van der Waals surface area contributed by atoms with Crippen LogP contribution in [0.2, 0.25) is 0 Å². The highest BCUT2D eigenvalue weighted by Gasteiger charge is 2.39. The van der Waals surface area contributed by atoms with Crippen LogP contribution >= 0.6 is 15.0 Å². The first-order valence-electron chi connectivity index (χ1n) is 4.57. The van der Waals surface area contributed by atoms with Gasteiger partial charge in [-0.05, 0) is 13.8 Å². The minimum atomic E-state index is -4.56. The predicted octanol–water partition coefficient (Wildman–Crippen LogP) is 1.93. The lowest BCUT2D eigenvalue weighted by Crippen LogP contribution is -2.11. The van der Waals surface area contributed by atoms with Crippen molar-refractivity contribution in [2.75, 3.05) is 5.90 Å². The zero-order valence-corrected chi connectivity index (χ0v) is 11.0. The van der Waals surface area contributed by atoms with Gasteiger partial charge in [0.25, 0.3) is 7.37 Å². The van der Waals surface area contributed by atoms with Gasteiger partial charge in [-0.1, -0.05) is 6.08 Å². The molecule has 8 heteroatoms. The summed E-state index contributed by atoms with van der Waals surface area (Å²) in [5.74, 6) is -1.05. The van der Waals surface area contributed by atoms with Crippen LogP contribution in [0.3, 0.4) is 0 Å². The Morgan fingerprint density at radius 1 is 1.44 bits per heavy atom.